The maximum atomic E-state index is 13.2. The predicted molar refractivity (Wildman–Crippen MR) is 74.1 cm³/mol. The predicted octanol–water partition coefficient (Wildman–Crippen LogP) is 2.43. The van der Waals surface area contributed by atoms with Crippen LogP contribution in [0.15, 0.2) is 30.5 Å². The van der Waals surface area contributed by atoms with Crippen molar-refractivity contribution < 1.29 is 4.39 Å². The van der Waals surface area contributed by atoms with Gasteiger partial charge in [-0.05, 0) is 43.8 Å². The summed E-state index contributed by atoms with van der Waals surface area (Å²) in [5.74, 6) is 1.29. The zero-order chi connectivity index (χ0) is 13.7. The second-order valence-corrected chi connectivity index (χ2v) is 4.30. The molecular formula is C14H17FN4. The Bertz CT molecular complexity index is 557. The molecule has 1 aromatic carbocycles. The van der Waals surface area contributed by atoms with Crippen LogP contribution in [0, 0.1) is 12.7 Å². The number of rotatable bonds is 5. The molecule has 0 aliphatic heterocycles. The largest absolute Gasteiger partial charge is 0.340 e. The summed E-state index contributed by atoms with van der Waals surface area (Å²) in [5, 5.41) is 6.21. The number of benzene rings is 1. The molecule has 0 bridgehead atoms. The Kier molecular flexibility index (Phi) is 4.41. The van der Waals surface area contributed by atoms with Crippen LogP contribution in [0.3, 0.4) is 0 Å². The van der Waals surface area contributed by atoms with Gasteiger partial charge < -0.3 is 10.6 Å². The van der Waals surface area contributed by atoms with Crippen molar-refractivity contribution >= 4 is 11.5 Å². The number of halogens is 1. The molecule has 0 spiro atoms. The van der Waals surface area contributed by atoms with E-state index in [1.54, 1.807) is 31.3 Å². The summed E-state index contributed by atoms with van der Waals surface area (Å²) in [5.41, 5.74) is 1.42. The Hall–Kier alpha value is -2.01. The van der Waals surface area contributed by atoms with Crippen molar-refractivity contribution in [2.24, 2.45) is 0 Å². The van der Waals surface area contributed by atoms with Crippen LogP contribution in [0.4, 0.5) is 15.9 Å². The van der Waals surface area contributed by atoms with Crippen LogP contribution in [0.2, 0.25) is 0 Å². The van der Waals surface area contributed by atoms with E-state index in [1.165, 1.54) is 6.07 Å². The quantitative estimate of drug-likeness (QED) is 0.867. The minimum atomic E-state index is -0.206. The Balaban J connectivity index is 2.11. The molecule has 0 atom stereocenters. The van der Waals surface area contributed by atoms with E-state index in [4.69, 9.17) is 0 Å². The van der Waals surface area contributed by atoms with Gasteiger partial charge in [0, 0.05) is 24.8 Å². The standard InChI is InChI=1S/C14H17FN4/c1-10-9-11(3-4-12(10)15)18-14-6-8-17-13(19-14)5-7-16-2/h3-4,6,8-9,16H,5,7H2,1-2H3,(H,17,18,19). The van der Waals surface area contributed by atoms with Gasteiger partial charge in [-0.25, -0.2) is 14.4 Å². The van der Waals surface area contributed by atoms with Crippen molar-refractivity contribution in [2.45, 2.75) is 13.3 Å². The number of nitrogens with zero attached hydrogens (tertiary/aromatic N) is 2. The molecule has 100 valence electrons. The second kappa shape index (κ2) is 6.24. The molecule has 4 nitrogen and oxygen atoms in total. The molecule has 0 aliphatic carbocycles. The highest BCUT2D eigenvalue weighted by molar-refractivity contribution is 5.56. The second-order valence-electron chi connectivity index (χ2n) is 4.30. The lowest BCUT2D eigenvalue weighted by Crippen LogP contribution is -2.12. The summed E-state index contributed by atoms with van der Waals surface area (Å²) in [6, 6.07) is 6.69. The highest BCUT2D eigenvalue weighted by Gasteiger charge is 2.02. The third kappa shape index (κ3) is 3.72. The molecule has 1 heterocycles. The molecule has 0 saturated heterocycles. The molecule has 2 rings (SSSR count). The van der Waals surface area contributed by atoms with Crippen LogP contribution >= 0.6 is 0 Å². The minimum absolute atomic E-state index is 0.206. The molecule has 2 aromatic rings. The average molecular weight is 260 g/mol. The topological polar surface area (TPSA) is 49.8 Å². The zero-order valence-electron chi connectivity index (χ0n) is 11.1. The summed E-state index contributed by atoms with van der Waals surface area (Å²) in [6.45, 7) is 2.57. The third-order valence-electron chi connectivity index (χ3n) is 2.73. The monoisotopic (exact) mass is 260 g/mol. The summed E-state index contributed by atoms with van der Waals surface area (Å²) >= 11 is 0. The fraction of sp³-hybridized carbons (Fsp3) is 0.286. The van der Waals surface area contributed by atoms with E-state index in [2.05, 4.69) is 20.6 Å². The Morgan fingerprint density at radius 1 is 1.26 bits per heavy atom. The molecule has 19 heavy (non-hydrogen) atoms. The average Bonchev–Trinajstić information content (AvgIpc) is 2.41. The number of nitrogens with one attached hydrogen (secondary N) is 2. The van der Waals surface area contributed by atoms with Gasteiger partial charge in [0.2, 0.25) is 0 Å². The van der Waals surface area contributed by atoms with Crippen molar-refractivity contribution in [3.63, 3.8) is 0 Å². The normalized spacial score (nSPS) is 10.5. The fourth-order valence-electron chi connectivity index (χ4n) is 1.70. The highest BCUT2D eigenvalue weighted by Crippen LogP contribution is 2.17. The summed E-state index contributed by atoms with van der Waals surface area (Å²) < 4.78 is 13.2. The molecule has 5 heteroatoms. The van der Waals surface area contributed by atoms with Crippen LogP contribution in [0.5, 0.6) is 0 Å². The Morgan fingerprint density at radius 2 is 2.11 bits per heavy atom. The molecule has 0 saturated carbocycles. The lowest BCUT2D eigenvalue weighted by Gasteiger charge is -2.08. The van der Waals surface area contributed by atoms with E-state index < -0.39 is 0 Å². The zero-order valence-corrected chi connectivity index (χ0v) is 11.1. The first kappa shape index (κ1) is 13.4. The van der Waals surface area contributed by atoms with Gasteiger partial charge in [-0.3, -0.25) is 0 Å². The van der Waals surface area contributed by atoms with Crippen LogP contribution in [-0.2, 0) is 6.42 Å². The molecule has 0 fully saturated rings. The van der Waals surface area contributed by atoms with Crippen LogP contribution in [0.25, 0.3) is 0 Å². The van der Waals surface area contributed by atoms with Crippen molar-refractivity contribution in [2.75, 3.05) is 18.9 Å². The van der Waals surface area contributed by atoms with Gasteiger partial charge in [0.15, 0.2) is 0 Å². The number of hydrogen-bond donors (Lipinski definition) is 2. The van der Waals surface area contributed by atoms with Gasteiger partial charge in [-0.15, -0.1) is 0 Å². The molecule has 1 aromatic heterocycles. The molecule has 0 radical (unpaired) electrons. The van der Waals surface area contributed by atoms with Crippen molar-refractivity contribution in [3.05, 3.63) is 47.7 Å². The molecule has 0 aliphatic rings. The van der Waals surface area contributed by atoms with Gasteiger partial charge >= 0.3 is 0 Å². The van der Waals surface area contributed by atoms with Crippen LogP contribution in [0.1, 0.15) is 11.4 Å². The number of likely N-dealkylation sites (N-methyl/N-ethyl adjacent to an activating group) is 1. The molecular weight excluding hydrogens is 243 g/mol. The van der Waals surface area contributed by atoms with Crippen LogP contribution in [-0.4, -0.2) is 23.6 Å². The third-order valence-corrected chi connectivity index (χ3v) is 2.73. The Morgan fingerprint density at radius 3 is 2.84 bits per heavy atom. The Labute approximate surface area is 112 Å². The van der Waals surface area contributed by atoms with E-state index in [0.29, 0.717) is 11.4 Å². The SMILES string of the molecule is CNCCc1nccc(Nc2ccc(F)c(C)c2)n1. The summed E-state index contributed by atoms with van der Waals surface area (Å²) in [6.07, 6.45) is 2.49. The van der Waals surface area contributed by atoms with Crippen molar-refractivity contribution in [1.82, 2.24) is 15.3 Å². The van der Waals surface area contributed by atoms with E-state index in [0.717, 1.165) is 24.5 Å². The van der Waals surface area contributed by atoms with Gasteiger partial charge in [0.25, 0.3) is 0 Å². The van der Waals surface area contributed by atoms with E-state index in [9.17, 15) is 4.39 Å². The number of aromatic nitrogens is 2. The van der Waals surface area contributed by atoms with Crippen molar-refractivity contribution in [1.29, 1.82) is 0 Å². The lowest BCUT2D eigenvalue weighted by molar-refractivity contribution is 0.619. The first-order chi connectivity index (χ1) is 9.19. The highest BCUT2D eigenvalue weighted by atomic mass is 19.1. The van der Waals surface area contributed by atoms with Crippen molar-refractivity contribution in [3.8, 4) is 0 Å². The molecule has 2 N–H and O–H groups in total. The van der Waals surface area contributed by atoms with Gasteiger partial charge in [-0.2, -0.15) is 0 Å². The summed E-state index contributed by atoms with van der Waals surface area (Å²) in [7, 11) is 1.89. The molecule has 0 unspecified atom stereocenters. The van der Waals surface area contributed by atoms with Crippen LogP contribution < -0.4 is 10.6 Å². The molecule has 0 amide bonds. The fourth-order valence-corrected chi connectivity index (χ4v) is 1.70. The van der Waals surface area contributed by atoms with Gasteiger partial charge in [-0.1, -0.05) is 0 Å². The van der Waals surface area contributed by atoms with E-state index in [1.807, 2.05) is 7.05 Å². The first-order valence-corrected chi connectivity index (χ1v) is 6.19. The van der Waals surface area contributed by atoms with E-state index in [-0.39, 0.29) is 5.82 Å². The van der Waals surface area contributed by atoms with Gasteiger partial charge in [0.1, 0.15) is 17.5 Å². The van der Waals surface area contributed by atoms with Gasteiger partial charge in [0.05, 0.1) is 0 Å². The number of aryl methyl sites for hydroxylation is 1. The smallest absolute Gasteiger partial charge is 0.134 e. The number of hydrogen-bond acceptors (Lipinski definition) is 4. The summed E-state index contributed by atoms with van der Waals surface area (Å²) in [4.78, 5) is 8.60. The minimum Gasteiger partial charge on any atom is -0.340 e. The van der Waals surface area contributed by atoms with E-state index >= 15 is 0 Å². The number of anilines is 2. The maximum Gasteiger partial charge on any atom is 0.134 e. The maximum absolute atomic E-state index is 13.2. The first-order valence-electron chi connectivity index (χ1n) is 6.19. The lowest BCUT2D eigenvalue weighted by atomic mass is 10.2.